The fourth-order valence-corrected chi connectivity index (χ4v) is 10.9. The van der Waals surface area contributed by atoms with E-state index < -0.39 is 5.41 Å². The molecule has 0 aliphatic heterocycles. The number of fused-ring (bicyclic) bond motifs is 7. The third-order valence-corrected chi connectivity index (χ3v) is 13.5. The molecule has 4 saturated carbocycles. The lowest BCUT2D eigenvalue weighted by atomic mass is 9.33. The van der Waals surface area contributed by atoms with Crippen LogP contribution in [0.3, 0.4) is 0 Å². The predicted octanol–water partition coefficient (Wildman–Crippen LogP) is 6.95. The van der Waals surface area contributed by atoms with E-state index >= 15 is 0 Å². The van der Waals surface area contributed by atoms with Crippen LogP contribution in [0.4, 0.5) is 0 Å². The summed E-state index contributed by atoms with van der Waals surface area (Å²) in [6.45, 7) is 15.9. The zero-order valence-electron chi connectivity index (χ0n) is 24.3. The van der Waals surface area contributed by atoms with Gasteiger partial charge in [-0.25, -0.2) is 5.06 Å². The minimum absolute atomic E-state index is 0.0658. The Kier molecular flexibility index (Phi) is 5.83. The number of nitroso groups, excluding NO2 is 1. The molecule has 6 heteroatoms. The molecular formula is C31H48N2O4. The minimum atomic E-state index is -0.624. The molecule has 9 atom stereocenters. The molecule has 0 bridgehead atoms. The molecule has 5 aliphatic carbocycles. The average molecular weight is 513 g/mol. The minimum Gasteiger partial charge on any atom is -0.295 e. The van der Waals surface area contributed by atoms with Crippen LogP contribution in [0, 0.1) is 55.2 Å². The summed E-state index contributed by atoms with van der Waals surface area (Å²) in [5.74, 6) is 0.431. The van der Waals surface area contributed by atoms with Gasteiger partial charge in [0, 0.05) is 18.4 Å². The lowest BCUT2D eigenvalue weighted by Crippen LogP contribution is -2.66. The third-order valence-electron chi connectivity index (χ3n) is 13.5. The maximum Gasteiger partial charge on any atom is 0.251 e. The van der Waals surface area contributed by atoms with E-state index in [9.17, 15) is 19.7 Å². The number of hydroxylamine groups is 2. The third kappa shape index (κ3) is 3.32. The van der Waals surface area contributed by atoms with Crippen molar-refractivity contribution in [3.8, 4) is 0 Å². The molecule has 5 rings (SSSR count). The molecule has 206 valence electrons. The van der Waals surface area contributed by atoms with E-state index in [-0.39, 0.29) is 56.6 Å². The molecule has 37 heavy (non-hydrogen) atoms. The Morgan fingerprint density at radius 3 is 2.24 bits per heavy atom. The molecule has 0 saturated heterocycles. The number of rotatable bonds is 2. The highest BCUT2D eigenvalue weighted by molar-refractivity contribution is 5.95. The van der Waals surface area contributed by atoms with Crippen LogP contribution in [0.25, 0.3) is 0 Å². The smallest absolute Gasteiger partial charge is 0.251 e. The van der Waals surface area contributed by atoms with Gasteiger partial charge in [0.1, 0.15) is 0 Å². The van der Waals surface area contributed by atoms with Crippen LogP contribution in [-0.4, -0.2) is 35.1 Å². The van der Waals surface area contributed by atoms with Crippen LogP contribution < -0.4 is 0 Å². The monoisotopic (exact) mass is 512 g/mol. The van der Waals surface area contributed by atoms with Gasteiger partial charge in [-0.05, 0) is 103 Å². The predicted molar refractivity (Wildman–Crippen MR) is 144 cm³/mol. The molecule has 6 nitrogen and oxygen atoms in total. The van der Waals surface area contributed by atoms with E-state index in [0.29, 0.717) is 12.3 Å². The first-order valence-electron chi connectivity index (χ1n) is 14.6. The highest BCUT2D eigenvalue weighted by Gasteiger charge is 2.70. The highest BCUT2D eigenvalue weighted by atomic mass is 16.5. The molecular weight excluding hydrogens is 464 g/mol. The summed E-state index contributed by atoms with van der Waals surface area (Å²) in [6, 6.07) is -0.187. The van der Waals surface area contributed by atoms with E-state index in [4.69, 9.17) is 0 Å². The maximum atomic E-state index is 14.4. The van der Waals surface area contributed by atoms with Gasteiger partial charge in [0.05, 0.1) is 6.04 Å². The zero-order valence-corrected chi connectivity index (χ0v) is 24.3. The number of ketones is 1. The normalized spacial score (nSPS) is 50.5. The van der Waals surface area contributed by atoms with Crippen LogP contribution in [0.1, 0.15) is 106 Å². The molecule has 0 heterocycles. The summed E-state index contributed by atoms with van der Waals surface area (Å²) in [5.41, 5.74) is 0.0740. The van der Waals surface area contributed by atoms with Crippen molar-refractivity contribution in [2.75, 3.05) is 7.05 Å². The van der Waals surface area contributed by atoms with Crippen molar-refractivity contribution in [1.82, 2.24) is 5.06 Å². The number of hydrogen-bond acceptors (Lipinski definition) is 5. The van der Waals surface area contributed by atoms with Gasteiger partial charge in [0.2, 0.25) is 0 Å². The van der Waals surface area contributed by atoms with Gasteiger partial charge in [-0.15, -0.1) is 0 Å². The van der Waals surface area contributed by atoms with Gasteiger partial charge < -0.3 is 0 Å². The largest absolute Gasteiger partial charge is 0.295 e. The molecule has 0 aromatic heterocycles. The summed E-state index contributed by atoms with van der Waals surface area (Å²) in [6.07, 6.45) is 10.2. The molecule has 2 unspecified atom stereocenters. The van der Waals surface area contributed by atoms with E-state index in [1.54, 1.807) is 0 Å². The molecule has 4 fully saturated rings. The number of amides is 1. The van der Waals surface area contributed by atoms with Gasteiger partial charge in [-0.2, -0.15) is 4.91 Å². The molecule has 1 amide bonds. The first kappa shape index (κ1) is 27.0. The van der Waals surface area contributed by atoms with Gasteiger partial charge in [0.15, 0.2) is 5.78 Å². The van der Waals surface area contributed by atoms with Crippen molar-refractivity contribution >= 4 is 11.7 Å². The lowest BCUT2D eigenvalue weighted by molar-refractivity contribution is -0.190. The Morgan fingerprint density at radius 1 is 0.973 bits per heavy atom. The Labute approximate surface area is 222 Å². The maximum absolute atomic E-state index is 14.4. The van der Waals surface area contributed by atoms with Crippen LogP contribution in [0.5, 0.6) is 0 Å². The number of carbonyl (C=O) groups excluding carboxylic acids is 2. The van der Waals surface area contributed by atoms with E-state index in [2.05, 4.69) is 46.7 Å². The SMILES string of the molecule is CN(O)C(=O)[C@@]1(C)CC[C@]2(C)CC[C@]3(C)C(=CC(=O)[C@@H]4[C@@]5(C)CCC(N=O)C(C)(C)C5CC[C@]43C)[C@@H]2C1. The van der Waals surface area contributed by atoms with Crippen LogP contribution in [0.15, 0.2) is 16.8 Å². The molecule has 0 radical (unpaired) electrons. The standard InChI is InChI=1S/C31H48N2O4/c1-26(2)22-9-12-31(7)24(29(22,5)11-10-23(26)32-36)21(34)17-19-20-18-28(4,25(35)33(8)37)14-13-27(20,3)15-16-30(19,31)6/h17,20,22-24,37H,9-16,18H2,1-8H3/t20-,22?,23?,24+,27+,28-,29-,30+,31+/m0/s1. The number of nitrogens with zero attached hydrogens (tertiary/aromatic N) is 2. The molecule has 0 aromatic rings. The highest BCUT2D eigenvalue weighted by Crippen LogP contribution is 2.75. The number of carbonyl (C=O) groups is 2. The number of allylic oxidation sites excluding steroid dienone is 2. The molecule has 0 aromatic carbocycles. The van der Waals surface area contributed by atoms with Crippen molar-refractivity contribution in [3.63, 3.8) is 0 Å². The Morgan fingerprint density at radius 2 is 1.62 bits per heavy atom. The molecule has 0 spiro atoms. The van der Waals surface area contributed by atoms with Gasteiger partial charge in [-0.3, -0.25) is 14.8 Å². The van der Waals surface area contributed by atoms with Crippen molar-refractivity contribution < 1.29 is 14.8 Å². The first-order chi connectivity index (χ1) is 17.0. The summed E-state index contributed by atoms with van der Waals surface area (Å²) < 4.78 is 0. The van der Waals surface area contributed by atoms with Crippen molar-refractivity contribution in [3.05, 3.63) is 16.6 Å². The second-order valence-corrected chi connectivity index (χ2v) is 15.6. The fraction of sp³-hybridized carbons (Fsp3) is 0.871. The van der Waals surface area contributed by atoms with Crippen LogP contribution in [0.2, 0.25) is 0 Å². The second-order valence-electron chi connectivity index (χ2n) is 15.6. The average Bonchev–Trinajstić information content (AvgIpc) is 2.80. The Hall–Kier alpha value is -1.56. The number of hydrogen-bond donors (Lipinski definition) is 1. The van der Waals surface area contributed by atoms with Crippen molar-refractivity contribution in [2.24, 2.45) is 55.4 Å². The topological polar surface area (TPSA) is 87.0 Å². The zero-order chi connectivity index (χ0) is 27.4. The van der Waals surface area contributed by atoms with Crippen molar-refractivity contribution in [2.45, 2.75) is 112 Å². The van der Waals surface area contributed by atoms with E-state index in [1.807, 2.05) is 13.0 Å². The van der Waals surface area contributed by atoms with Crippen LogP contribution >= 0.6 is 0 Å². The molecule has 5 aliphatic rings. The van der Waals surface area contributed by atoms with Crippen molar-refractivity contribution in [1.29, 1.82) is 0 Å². The molecule has 1 N–H and O–H groups in total. The summed E-state index contributed by atoms with van der Waals surface area (Å²) in [4.78, 5) is 39.2. The van der Waals surface area contributed by atoms with E-state index in [1.165, 1.54) is 12.6 Å². The fourth-order valence-electron chi connectivity index (χ4n) is 10.9. The Balaban J connectivity index is 1.60. The summed E-state index contributed by atoms with van der Waals surface area (Å²) in [5, 5.41) is 14.3. The van der Waals surface area contributed by atoms with E-state index in [0.717, 1.165) is 56.4 Å². The summed E-state index contributed by atoms with van der Waals surface area (Å²) in [7, 11) is 1.43. The Bertz CT molecular complexity index is 1070. The first-order valence-corrected chi connectivity index (χ1v) is 14.6. The quantitative estimate of drug-likeness (QED) is 0.246. The second kappa shape index (κ2) is 7.99. The summed E-state index contributed by atoms with van der Waals surface area (Å²) >= 11 is 0. The van der Waals surface area contributed by atoms with Gasteiger partial charge in [0.25, 0.3) is 5.91 Å². The van der Waals surface area contributed by atoms with Gasteiger partial charge in [-0.1, -0.05) is 59.2 Å². The van der Waals surface area contributed by atoms with Gasteiger partial charge >= 0.3 is 0 Å². The lowest BCUT2D eigenvalue weighted by Gasteiger charge is -2.70. The van der Waals surface area contributed by atoms with Crippen LogP contribution in [-0.2, 0) is 9.59 Å².